The molecule has 0 fully saturated rings. The van der Waals surface area contributed by atoms with Crippen LogP contribution in [0.15, 0.2) is 65.7 Å². The highest BCUT2D eigenvalue weighted by Crippen LogP contribution is 2.31. The van der Waals surface area contributed by atoms with Gasteiger partial charge in [0.1, 0.15) is 23.2 Å². The van der Waals surface area contributed by atoms with Crippen molar-refractivity contribution in [3.63, 3.8) is 0 Å². The largest absolute Gasteiger partial charge is 0.494 e. The number of aromatic nitrogens is 5. The van der Waals surface area contributed by atoms with Crippen molar-refractivity contribution in [3.05, 3.63) is 99.7 Å². The number of ether oxygens (including phenoxy) is 1. The quantitative estimate of drug-likeness (QED) is 0.281. The van der Waals surface area contributed by atoms with Crippen molar-refractivity contribution < 1.29 is 9.13 Å². The van der Waals surface area contributed by atoms with Crippen LogP contribution in [-0.2, 0) is 6.42 Å². The molecule has 33 heavy (non-hydrogen) atoms. The van der Waals surface area contributed by atoms with Crippen LogP contribution in [0.5, 0.6) is 5.75 Å². The second-order valence-electron chi connectivity index (χ2n) is 7.26. The first-order chi connectivity index (χ1) is 16.0. The van der Waals surface area contributed by atoms with E-state index < -0.39 is 17.4 Å². The van der Waals surface area contributed by atoms with Gasteiger partial charge in [0.05, 0.1) is 12.5 Å². The summed E-state index contributed by atoms with van der Waals surface area (Å²) in [5.41, 5.74) is 6.76. The molecule has 0 aliphatic rings. The molecule has 1 atom stereocenters. The smallest absolute Gasteiger partial charge is 0.350 e. The number of nitrogens with one attached hydrogen (secondary N) is 2. The maximum atomic E-state index is 15.0. The summed E-state index contributed by atoms with van der Waals surface area (Å²) in [4.78, 5) is 23.5. The van der Waals surface area contributed by atoms with Crippen LogP contribution in [-0.4, -0.2) is 37.2 Å². The molecule has 9 nitrogen and oxygen atoms in total. The summed E-state index contributed by atoms with van der Waals surface area (Å²) >= 11 is 0. The number of nitrogens with zero attached hydrogens (tertiary/aromatic N) is 4. The van der Waals surface area contributed by atoms with Crippen molar-refractivity contribution in [2.45, 2.75) is 19.3 Å². The molecule has 0 amide bonds. The van der Waals surface area contributed by atoms with E-state index in [4.69, 9.17) is 15.9 Å². The molecule has 2 aromatic heterocycles. The third-order valence-electron chi connectivity index (χ3n) is 5.07. The summed E-state index contributed by atoms with van der Waals surface area (Å²) < 4.78 is 21.6. The highest BCUT2D eigenvalue weighted by molar-refractivity contribution is 5.94. The van der Waals surface area contributed by atoms with Gasteiger partial charge in [-0.15, -0.1) is 9.78 Å². The van der Waals surface area contributed by atoms with Gasteiger partial charge in [0.25, 0.3) is 5.95 Å². The third kappa shape index (κ3) is 4.79. The number of nitrogen functional groups attached to an aromatic ring is 1. The van der Waals surface area contributed by atoms with Crippen LogP contribution in [0.1, 0.15) is 35.4 Å². The Morgan fingerprint density at radius 1 is 1.21 bits per heavy atom. The number of aromatic amines is 1. The average molecular weight is 447 g/mol. The summed E-state index contributed by atoms with van der Waals surface area (Å²) in [6.07, 6.45) is 3.33. The predicted octanol–water partition coefficient (Wildman–Crippen LogP) is 2.55. The zero-order valence-electron chi connectivity index (χ0n) is 17.8. The Bertz CT molecular complexity index is 1320. The van der Waals surface area contributed by atoms with Crippen LogP contribution in [0.4, 0.5) is 4.39 Å². The van der Waals surface area contributed by atoms with Gasteiger partial charge in [0.2, 0.25) is 0 Å². The molecule has 0 spiro atoms. The van der Waals surface area contributed by atoms with Gasteiger partial charge in [-0.3, -0.25) is 10.4 Å². The Hall–Kier alpha value is -4.34. The summed E-state index contributed by atoms with van der Waals surface area (Å²) in [6, 6.07) is 13.2. The van der Waals surface area contributed by atoms with E-state index in [1.165, 1.54) is 18.5 Å². The molecule has 2 heterocycles. The Morgan fingerprint density at radius 3 is 2.61 bits per heavy atom. The van der Waals surface area contributed by atoms with E-state index in [-0.39, 0.29) is 17.6 Å². The van der Waals surface area contributed by atoms with Gasteiger partial charge >= 0.3 is 5.69 Å². The van der Waals surface area contributed by atoms with E-state index >= 15 is 0 Å². The molecule has 4 aromatic rings. The van der Waals surface area contributed by atoms with Gasteiger partial charge in [-0.2, -0.15) is 0 Å². The topological polar surface area (TPSA) is 136 Å². The molecule has 0 saturated carbocycles. The first-order valence-corrected chi connectivity index (χ1v) is 10.3. The first kappa shape index (κ1) is 21.9. The predicted molar refractivity (Wildman–Crippen MR) is 120 cm³/mol. The van der Waals surface area contributed by atoms with Gasteiger partial charge in [-0.1, -0.05) is 24.3 Å². The molecule has 4 N–H and O–H groups in total. The lowest BCUT2D eigenvalue weighted by atomic mass is 9.90. The SMILES string of the molecule is CCOc1ccc(F)c(C(Cc2ccc(C(=N)N)cc2)c2nn(-c3ncccn3)c(=O)[nH]2)c1. The van der Waals surface area contributed by atoms with Crippen LogP contribution in [0.25, 0.3) is 5.95 Å². The molecule has 0 saturated heterocycles. The second-order valence-corrected chi connectivity index (χ2v) is 7.26. The zero-order chi connectivity index (χ0) is 23.4. The lowest BCUT2D eigenvalue weighted by molar-refractivity contribution is 0.339. The number of H-pyrrole nitrogens is 1. The van der Waals surface area contributed by atoms with Gasteiger partial charge in [0, 0.05) is 23.5 Å². The molecule has 2 aromatic carbocycles. The fraction of sp³-hybridized carbons (Fsp3) is 0.174. The highest BCUT2D eigenvalue weighted by atomic mass is 19.1. The van der Waals surface area contributed by atoms with Gasteiger partial charge < -0.3 is 10.5 Å². The van der Waals surface area contributed by atoms with Gasteiger partial charge in [0.15, 0.2) is 0 Å². The summed E-state index contributed by atoms with van der Waals surface area (Å²) in [7, 11) is 0. The van der Waals surface area contributed by atoms with Crippen molar-refractivity contribution in [2.75, 3.05) is 6.61 Å². The van der Waals surface area contributed by atoms with Crippen LogP contribution < -0.4 is 16.2 Å². The molecular formula is C23H22FN7O2. The molecule has 10 heteroatoms. The Labute approximate surface area is 188 Å². The first-order valence-electron chi connectivity index (χ1n) is 10.3. The zero-order valence-corrected chi connectivity index (χ0v) is 17.8. The number of benzene rings is 2. The van der Waals surface area contributed by atoms with E-state index in [0.717, 1.165) is 10.2 Å². The number of rotatable bonds is 8. The third-order valence-corrected chi connectivity index (χ3v) is 5.07. The summed E-state index contributed by atoms with van der Waals surface area (Å²) in [5, 5.41) is 11.9. The second kappa shape index (κ2) is 9.43. The van der Waals surface area contributed by atoms with Crippen molar-refractivity contribution in [1.29, 1.82) is 5.41 Å². The Kier molecular flexibility index (Phi) is 6.25. The van der Waals surface area contributed by atoms with Gasteiger partial charge in [-0.25, -0.2) is 19.2 Å². The van der Waals surface area contributed by atoms with E-state index in [9.17, 15) is 9.18 Å². The van der Waals surface area contributed by atoms with E-state index in [0.29, 0.717) is 29.9 Å². The molecule has 4 rings (SSSR count). The minimum absolute atomic E-state index is 0.0421. The lowest BCUT2D eigenvalue weighted by Crippen LogP contribution is -2.18. The van der Waals surface area contributed by atoms with Crippen LogP contribution in [0, 0.1) is 11.2 Å². The maximum absolute atomic E-state index is 15.0. The van der Waals surface area contributed by atoms with Crippen molar-refractivity contribution in [2.24, 2.45) is 5.73 Å². The van der Waals surface area contributed by atoms with Crippen LogP contribution >= 0.6 is 0 Å². The molecular weight excluding hydrogens is 425 g/mol. The van der Waals surface area contributed by atoms with Crippen molar-refractivity contribution in [1.82, 2.24) is 24.7 Å². The molecule has 0 bridgehead atoms. The van der Waals surface area contributed by atoms with Crippen molar-refractivity contribution >= 4 is 5.84 Å². The number of hydrogen-bond acceptors (Lipinski definition) is 6. The molecule has 168 valence electrons. The lowest BCUT2D eigenvalue weighted by Gasteiger charge is -2.17. The van der Waals surface area contributed by atoms with Crippen LogP contribution in [0.3, 0.4) is 0 Å². The fourth-order valence-electron chi connectivity index (χ4n) is 3.49. The average Bonchev–Trinajstić information content (AvgIpc) is 3.21. The van der Waals surface area contributed by atoms with E-state index in [1.54, 1.807) is 30.3 Å². The van der Waals surface area contributed by atoms with Crippen molar-refractivity contribution in [3.8, 4) is 11.7 Å². The molecule has 1 unspecified atom stereocenters. The highest BCUT2D eigenvalue weighted by Gasteiger charge is 2.25. The van der Waals surface area contributed by atoms with Crippen LogP contribution in [0.2, 0.25) is 0 Å². The summed E-state index contributed by atoms with van der Waals surface area (Å²) in [6.45, 7) is 2.27. The number of nitrogens with two attached hydrogens (primary N) is 1. The standard InChI is InChI=1S/C23H22FN7O2/c1-2-33-16-8-9-19(24)17(13-16)18(12-14-4-6-15(7-5-14)20(25)26)21-29-23(32)31(30-21)22-27-10-3-11-28-22/h3-11,13,18H,2,12H2,1H3,(H3,25,26)(H,29,30,32). The molecule has 0 radical (unpaired) electrons. The Balaban J connectivity index is 1.79. The normalized spacial score (nSPS) is 11.8. The maximum Gasteiger partial charge on any atom is 0.350 e. The van der Waals surface area contributed by atoms with E-state index in [2.05, 4.69) is 20.1 Å². The monoisotopic (exact) mass is 447 g/mol. The fourth-order valence-corrected chi connectivity index (χ4v) is 3.49. The van der Waals surface area contributed by atoms with E-state index in [1.807, 2.05) is 19.1 Å². The molecule has 0 aliphatic carbocycles. The molecule has 0 aliphatic heterocycles. The minimum atomic E-state index is -0.633. The Morgan fingerprint density at radius 2 is 1.94 bits per heavy atom. The number of hydrogen-bond donors (Lipinski definition) is 3. The number of amidine groups is 1. The van der Waals surface area contributed by atoms with Gasteiger partial charge in [-0.05, 0) is 43.2 Å². The summed E-state index contributed by atoms with van der Waals surface area (Å²) in [5.74, 6) is -0.242. The number of halogens is 1. The minimum Gasteiger partial charge on any atom is -0.494 e.